The van der Waals surface area contributed by atoms with Crippen LogP contribution in [0.15, 0.2) is 47.4 Å². The van der Waals surface area contributed by atoms with Crippen LogP contribution in [0.25, 0.3) is 0 Å². The fourth-order valence-electron chi connectivity index (χ4n) is 1.41. The molecule has 0 aromatic heterocycles. The molecule has 2 aromatic rings. The van der Waals surface area contributed by atoms with Crippen molar-refractivity contribution in [3.8, 4) is 11.8 Å². The standard InChI is InChI=1S/C13H7F2NO3S/c14-10-3-6-13(12(15)7-10)19-20(17,18)11-4-1-9(8-16)2-5-11/h1-7H. The summed E-state index contributed by atoms with van der Waals surface area (Å²) in [6.45, 7) is 0. The monoisotopic (exact) mass is 295 g/mol. The third-order valence-corrected chi connectivity index (χ3v) is 3.61. The van der Waals surface area contributed by atoms with E-state index in [4.69, 9.17) is 5.26 Å². The molecule has 0 atom stereocenters. The third-order valence-electron chi connectivity index (χ3n) is 2.37. The first kappa shape index (κ1) is 14.0. The van der Waals surface area contributed by atoms with Gasteiger partial charge in [0.15, 0.2) is 11.6 Å². The Bertz CT molecular complexity index is 780. The molecule has 102 valence electrons. The molecule has 0 heterocycles. The van der Waals surface area contributed by atoms with Crippen molar-refractivity contribution in [2.45, 2.75) is 4.90 Å². The van der Waals surface area contributed by atoms with Gasteiger partial charge in [-0.1, -0.05) is 0 Å². The Morgan fingerprint density at radius 2 is 1.70 bits per heavy atom. The van der Waals surface area contributed by atoms with Crippen molar-refractivity contribution in [1.82, 2.24) is 0 Å². The van der Waals surface area contributed by atoms with E-state index in [0.29, 0.717) is 6.07 Å². The van der Waals surface area contributed by atoms with E-state index >= 15 is 0 Å². The Kier molecular flexibility index (Phi) is 3.68. The van der Waals surface area contributed by atoms with Gasteiger partial charge in [-0.2, -0.15) is 13.7 Å². The molecule has 0 bridgehead atoms. The first-order valence-corrected chi connectivity index (χ1v) is 6.73. The molecule has 0 aliphatic rings. The average molecular weight is 295 g/mol. The molecule has 0 N–H and O–H groups in total. The lowest BCUT2D eigenvalue weighted by Gasteiger charge is -2.07. The second-order valence-electron chi connectivity index (χ2n) is 3.75. The van der Waals surface area contributed by atoms with Crippen molar-refractivity contribution in [2.24, 2.45) is 0 Å². The van der Waals surface area contributed by atoms with Crippen LogP contribution in [0, 0.1) is 23.0 Å². The van der Waals surface area contributed by atoms with E-state index in [1.54, 1.807) is 0 Å². The van der Waals surface area contributed by atoms with Crippen LogP contribution in [-0.2, 0) is 10.1 Å². The molecule has 0 radical (unpaired) electrons. The lowest BCUT2D eigenvalue weighted by molar-refractivity contribution is 0.457. The summed E-state index contributed by atoms with van der Waals surface area (Å²) in [5, 5.41) is 8.61. The predicted octanol–water partition coefficient (Wildman–Crippen LogP) is 2.60. The fourth-order valence-corrected chi connectivity index (χ4v) is 2.34. The van der Waals surface area contributed by atoms with Crippen molar-refractivity contribution in [2.75, 3.05) is 0 Å². The SMILES string of the molecule is N#Cc1ccc(S(=O)(=O)Oc2ccc(F)cc2F)cc1. The summed E-state index contributed by atoms with van der Waals surface area (Å²) in [5.74, 6) is -2.57. The van der Waals surface area contributed by atoms with E-state index in [1.165, 1.54) is 12.1 Å². The lowest BCUT2D eigenvalue weighted by atomic mass is 10.2. The molecule has 0 saturated carbocycles. The zero-order valence-electron chi connectivity index (χ0n) is 9.88. The molecule has 0 saturated heterocycles. The van der Waals surface area contributed by atoms with Crippen LogP contribution in [0.4, 0.5) is 8.78 Å². The molecule has 4 nitrogen and oxygen atoms in total. The normalized spacial score (nSPS) is 10.8. The van der Waals surface area contributed by atoms with Gasteiger partial charge in [0, 0.05) is 6.07 Å². The number of hydrogen-bond donors (Lipinski definition) is 0. The topological polar surface area (TPSA) is 67.2 Å². The van der Waals surface area contributed by atoms with Crippen LogP contribution in [0.2, 0.25) is 0 Å². The maximum Gasteiger partial charge on any atom is 0.339 e. The van der Waals surface area contributed by atoms with E-state index in [9.17, 15) is 17.2 Å². The van der Waals surface area contributed by atoms with E-state index in [-0.39, 0.29) is 10.5 Å². The van der Waals surface area contributed by atoms with Crippen LogP contribution in [0.3, 0.4) is 0 Å². The van der Waals surface area contributed by atoms with Gasteiger partial charge in [0.05, 0.1) is 11.6 Å². The molecule has 7 heteroatoms. The van der Waals surface area contributed by atoms with Gasteiger partial charge in [-0.3, -0.25) is 0 Å². The summed E-state index contributed by atoms with van der Waals surface area (Å²) in [5.41, 5.74) is 0.275. The van der Waals surface area contributed by atoms with Crippen LogP contribution in [-0.4, -0.2) is 8.42 Å². The molecule has 0 spiro atoms. The second kappa shape index (κ2) is 5.27. The highest BCUT2D eigenvalue weighted by atomic mass is 32.2. The van der Waals surface area contributed by atoms with Gasteiger partial charge in [0.2, 0.25) is 0 Å². The Balaban J connectivity index is 2.33. The van der Waals surface area contributed by atoms with E-state index < -0.39 is 27.5 Å². The van der Waals surface area contributed by atoms with E-state index in [0.717, 1.165) is 24.3 Å². The summed E-state index contributed by atoms with van der Waals surface area (Å²) in [7, 11) is -4.25. The molecule has 20 heavy (non-hydrogen) atoms. The number of nitrogens with zero attached hydrogens (tertiary/aromatic N) is 1. The van der Waals surface area contributed by atoms with Crippen LogP contribution >= 0.6 is 0 Å². The highest BCUT2D eigenvalue weighted by Gasteiger charge is 2.19. The third kappa shape index (κ3) is 2.92. The van der Waals surface area contributed by atoms with Gasteiger partial charge < -0.3 is 4.18 Å². The molecule has 0 amide bonds. The zero-order valence-corrected chi connectivity index (χ0v) is 10.7. The van der Waals surface area contributed by atoms with Gasteiger partial charge in [-0.25, -0.2) is 8.78 Å². The largest absolute Gasteiger partial charge is 0.376 e. The summed E-state index contributed by atoms with van der Waals surface area (Å²) in [6, 6.07) is 9.02. The summed E-state index contributed by atoms with van der Waals surface area (Å²) in [6.07, 6.45) is 0. The number of benzene rings is 2. The number of nitriles is 1. The molecule has 0 fully saturated rings. The second-order valence-corrected chi connectivity index (χ2v) is 5.29. The molecule has 2 rings (SSSR count). The minimum Gasteiger partial charge on any atom is -0.376 e. The Morgan fingerprint density at radius 3 is 2.25 bits per heavy atom. The van der Waals surface area contributed by atoms with Crippen molar-refractivity contribution in [1.29, 1.82) is 5.26 Å². The average Bonchev–Trinajstić information content (AvgIpc) is 2.42. The number of rotatable bonds is 3. The van der Waals surface area contributed by atoms with E-state index in [2.05, 4.69) is 4.18 Å². The Labute approximate surface area is 114 Å². The maximum absolute atomic E-state index is 13.3. The van der Waals surface area contributed by atoms with Crippen LogP contribution < -0.4 is 4.18 Å². The minimum absolute atomic E-state index is 0.236. The van der Waals surface area contributed by atoms with E-state index in [1.807, 2.05) is 6.07 Å². The maximum atomic E-state index is 13.3. The Hall–Kier alpha value is -2.46. The lowest BCUT2D eigenvalue weighted by Crippen LogP contribution is -2.10. The molecule has 0 aliphatic carbocycles. The van der Waals surface area contributed by atoms with Gasteiger partial charge in [-0.15, -0.1) is 0 Å². The number of halogens is 2. The van der Waals surface area contributed by atoms with Crippen molar-refractivity contribution < 1.29 is 21.4 Å². The first-order chi connectivity index (χ1) is 9.42. The Morgan fingerprint density at radius 1 is 1.05 bits per heavy atom. The van der Waals surface area contributed by atoms with Crippen LogP contribution in [0.1, 0.15) is 5.56 Å². The van der Waals surface area contributed by atoms with Crippen molar-refractivity contribution in [3.05, 3.63) is 59.7 Å². The molecular formula is C13H7F2NO3S. The summed E-state index contributed by atoms with van der Waals surface area (Å²) < 4.78 is 54.4. The molecule has 2 aromatic carbocycles. The molecule has 0 aliphatic heterocycles. The highest BCUT2D eigenvalue weighted by Crippen LogP contribution is 2.22. The van der Waals surface area contributed by atoms with Crippen molar-refractivity contribution in [3.63, 3.8) is 0 Å². The minimum atomic E-state index is -4.25. The summed E-state index contributed by atoms with van der Waals surface area (Å²) in [4.78, 5) is -0.236. The zero-order chi connectivity index (χ0) is 14.8. The van der Waals surface area contributed by atoms with Gasteiger partial charge in [-0.05, 0) is 36.4 Å². The quantitative estimate of drug-likeness (QED) is 0.816. The smallest absolute Gasteiger partial charge is 0.339 e. The van der Waals surface area contributed by atoms with Gasteiger partial charge >= 0.3 is 10.1 Å². The van der Waals surface area contributed by atoms with Gasteiger partial charge in [0.25, 0.3) is 0 Å². The number of hydrogen-bond acceptors (Lipinski definition) is 4. The predicted molar refractivity (Wildman–Crippen MR) is 65.3 cm³/mol. The van der Waals surface area contributed by atoms with Crippen LogP contribution in [0.5, 0.6) is 5.75 Å². The highest BCUT2D eigenvalue weighted by molar-refractivity contribution is 7.87. The molecular weight excluding hydrogens is 288 g/mol. The fraction of sp³-hybridized carbons (Fsp3) is 0. The van der Waals surface area contributed by atoms with Crippen molar-refractivity contribution >= 4 is 10.1 Å². The molecule has 0 unspecified atom stereocenters. The summed E-state index contributed by atoms with van der Waals surface area (Å²) >= 11 is 0. The first-order valence-electron chi connectivity index (χ1n) is 5.32. The van der Waals surface area contributed by atoms with Gasteiger partial charge in [0.1, 0.15) is 10.7 Å².